The van der Waals surface area contributed by atoms with Gasteiger partial charge < -0.3 is 9.53 Å². The van der Waals surface area contributed by atoms with Crippen LogP contribution in [0.5, 0.6) is 0 Å². The van der Waals surface area contributed by atoms with Crippen molar-refractivity contribution in [1.82, 2.24) is 0 Å². The summed E-state index contributed by atoms with van der Waals surface area (Å²) in [6, 6.07) is 0. The second-order valence-electron chi connectivity index (χ2n) is 0.622. The summed E-state index contributed by atoms with van der Waals surface area (Å²) in [6.45, 7) is 0.208. The van der Waals surface area contributed by atoms with Crippen LogP contribution < -0.4 is 0 Å². The maximum atomic E-state index is 9.28. The number of rotatable bonds is 2. The van der Waals surface area contributed by atoms with E-state index in [1.807, 2.05) is 0 Å². The average molecular weight is 116 g/mol. The zero-order chi connectivity index (χ0) is 4.12. The number of carbonyl (C=O) groups excluding carboxylic acids is 1. The van der Waals surface area contributed by atoms with Gasteiger partial charge in [0.2, 0.25) is 0 Å². The first-order valence-electron chi connectivity index (χ1n) is 1.34. The van der Waals surface area contributed by atoms with E-state index in [1.165, 1.54) is 7.11 Å². The SMILES string of the molecule is COCC=O.[CaH2]. The topological polar surface area (TPSA) is 26.3 Å². The van der Waals surface area contributed by atoms with Gasteiger partial charge in [0.15, 0.2) is 0 Å². The fourth-order valence-corrected chi connectivity index (χ4v) is 0.0680. The second-order valence-corrected chi connectivity index (χ2v) is 0.622. The number of carbonyl (C=O) groups is 1. The monoisotopic (exact) mass is 116 g/mol. The third-order valence-corrected chi connectivity index (χ3v) is 0.235. The molecule has 0 aromatic heterocycles. The van der Waals surface area contributed by atoms with Crippen LogP contribution in [0.2, 0.25) is 0 Å². The van der Waals surface area contributed by atoms with Crippen LogP contribution in [0.25, 0.3) is 0 Å². The van der Waals surface area contributed by atoms with Crippen LogP contribution in [0.15, 0.2) is 0 Å². The van der Waals surface area contributed by atoms with Crippen molar-refractivity contribution >= 4 is 44.0 Å². The Morgan fingerprint density at radius 1 is 1.83 bits per heavy atom. The van der Waals surface area contributed by atoms with Crippen molar-refractivity contribution in [3.8, 4) is 0 Å². The molecule has 0 aliphatic heterocycles. The van der Waals surface area contributed by atoms with Gasteiger partial charge in [0.05, 0.1) is 0 Å². The van der Waals surface area contributed by atoms with Gasteiger partial charge in [-0.05, 0) is 0 Å². The Hall–Kier alpha value is 0.890. The van der Waals surface area contributed by atoms with Crippen molar-refractivity contribution in [3.63, 3.8) is 0 Å². The molecule has 0 amide bonds. The van der Waals surface area contributed by atoms with Crippen LogP contribution in [0.3, 0.4) is 0 Å². The first kappa shape index (κ1) is 10.00. The van der Waals surface area contributed by atoms with E-state index in [9.17, 15) is 4.79 Å². The third kappa shape index (κ3) is 8.86. The zero-order valence-corrected chi connectivity index (χ0v) is 3.10. The molecule has 0 unspecified atom stereocenters. The Kier molecular flexibility index (Phi) is 15.5. The number of hydrogen-bond acceptors (Lipinski definition) is 2. The van der Waals surface area contributed by atoms with Gasteiger partial charge in [0.25, 0.3) is 0 Å². The molecule has 3 heteroatoms. The van der Waals surface area contributed by atoms with Crippen molar-refractivity contribution in [2.75, 3.05) is 13.7 Å². The Morgan fingerprint density at radius 3 is 2.33 bits per heavy atom. The molecule has 0 atom stereocenters. The van der Waals surface area contributed by atoms with Gasteiger partial charge in [-0.2, -0.15) is 0 Å². The molecule has 2 nitrogen and oxygen atoms in total. The predicted molar refractivity (Wildman–Crippen MR) is 26.5 cm³/mol. The average Bonchev–Trinajstić information content (AvgIpc) is 1.41. The molecule has 0 aromatic rings. The van der Waals surface area contributed by atoms with Gasteiger partial charge in [0.1, 0.15) is 12.9 Å². The molecule has 0 aliphatic carbocycles. The molecule has 0 aromatic carbocycles. The standard InChI is InChI=1S/C3H6O2.Ca.2H/c1-5-3-2-4;;;/h2H,3H2,1H3;;;. The van der Waals surface area contributed by atoms with Gasteiger partial charge in [-0.3, -0.25) is 0 Å². The first-order chi connectivity index (χ1) is 2.41. The van der Waals surface area contributed by atoms with E-state index in [-0.39, 0.29) is 44.3 Å². The van der Waals surface area contributed by atoms with E-state index in [1.54, 1.807) is 0 Å². The summed E-state index contributed by atoms with van der Waals surface area (Å²) in [7, 11) is 1.48. The fourth-order valence-electron chi connectivity index (χ4n) is 0.0680. The Bertz CT molecular complexity index is 30.0. The Labute approximate surface area is 66.9 Å². The van der Waals surface area contributed by atoms with E-state index in [0.29, 0.717) is 6.29 Å². The third-order valence-electron chi connectivity index (χ3n) is 0.235. The summed E-state index contributed by atoms with van der Waals surface area (Å²) in [4.78, 5) is 9.28. The molecule has 0 saturated carbocycles. The molecule has 0 spiro atoms. The Balaban J connectivity index is 0. The molecule has 0 radical (unpaired) electrons. The first-order valence-corrected chi connectivity index (χ1v) is 1.34. The molecule has 6 heavy (non-hydrogen) atoms. The normalized spacial score (nSPS) is 6.17. The summed E-state index contributed by atoms with van der Waals surface area (Å²) >= 11 is 0. The van der Waals surface area contributed by atoms with Crippen LogP contribution in [0, 0.1) is 0 Å². The van der Waals surface area contributed by atoms with Crippen molar-refractivity contribution in [2.45, 2.75) is 0 Å². The van der Waals surface area contributed by atoms with E-state index in [4.69, 9.17) is 0 Å². The predicted octanol–water partition coefficient (Wildman–Crippen LogP) is -1.08. The number of aldehydes is 1. The molecule has 0 bridgehead atoms. The molecule has 0 rings (SSSR count). The molecule has 0 heterocycles. The summed E-state index contributed by atoms with van der Waals surface area (Å²) in [5, 5.41) is 0. The summed E-state index contributed by atoms with van der Waals surface area (Å²) in [5.74, 6) is 0. The summed E-state index contributed by atoms with van der Waals surface area (Å²) < 4.78 is 4.32. The second kappa shape index (κ2) is 9.31. The fraction of sp³-hybridized carbons (Fsp3) is 0.667. The zero-order valence-electron chi connectivity index (χ0n) is 3.10. The molecule has 0 fully saturated rings. The summed E-state index contributed by atoms with van der Waals surface area (Å²) in [5.41, 5.74) is 0. The minimum absolute atomic E-state index is 0. The van der Waals surface area contributed by atoms with Crippen molar-refractivity contribution in [3.05, 3.63) is 0 Å². The maximum absolute atomic E-state index is 9.28. The molecular weight excluding hydrogens is 108 g/mol. The Morgan fingerprint density at radius 2 is 2.33 bits per heavy atom. The molecular formula is C3H8CaO2. The number of hydrogen-bond donors (Lipinski definition) is 0. The van der Waals surface area contributed by atoms with Gasteiger partial charge >= 0.3 is 37.7 Å². The van der Waals surface area contributed by atoms with Crippen LogP contribution in [-0.4, -0.2) is 57.7 Å². The van der Waals surface area contributed by atoms with Crippen LogP contribution in [0.4, 0.5) is 0 Å². The van der Waals surface area contributed by atoms with Crippen molar-refractivity contribution < 1.29 is 9.53 Å². The van der Waals surface area contributed by atoms with Gasteiger partial charge in [-0.15, -0.1) is 0 Å². The molecule has 0 aliphatic rings. The van der Waals surface area contributed by atoms with Crippen molar-refractivity contribution in [2.24, 2.45) is 0 Å². The van der Waals surface area contributed by atoms with E-state index >= 15 is 0 Å². The van der Waals surface area contributed by atoms with E-state index < -0.39 is 0 Å². The van der Waals surface area contributed by atoms with E-state index in [2.05, 4.69) is 4.74 Å². The van der Waals surface area contributed by atoms with E-state index in [0.717, 1.165) is 0 Å². The van der Waals surface area contributed by atoms with Gasteiger partial charge in [-0.1, -0.05) is 0 Å². The van der Waals surface area contributed by atoms with Crippen LogP contribution >= 0.6 is 0 Å². The molecule has 0 N–H and O–H groups in total. The quantitative estimate of drug-likeness (QED) is 0.339. The number of ether oxygens (including phenoxy) is 1. The van der Waals surface area contributed by atoms with Crippen LogP contribution in [0.1, 0.15) is 0 Å². The van der Waals surface area contributed by atoms with Crippen molar-refractivity contribution in [1.29, 1.82) is 0 Å². The number of methoxy groups -OCH3 is 1. The summed E-state index contributed by atoms with van der Waals surface area (Å²) in [6.07, 6.45) is 0.708. The van der Waals surface area contributed by atoms with Crippen LogP contribution in [-0.2, 0) is 9.53 Å². The molecule has 0 saturated heterocycles. The van der Waals surface area contributed by atoms with Gasteiger partial charge in [0, 0.05) is 7.11 Å². The van der Waals surface area contributed by atoms with Gasteiger partial charge in [-0.25, -0.2) is 0 Å². The molecule has 34 valence electrons. The minimum atomic E-state index is 0.